The standard InChI is InChI=1S/C16H24N6O3S2/c1-3-5-7-21(11(23)9-26-16-20-18-10-27-16)12-13(17)22(8-6-4-2)15(25)19-14(12)24/h10H,3-9,17H2,1-2H3,(H,19,24,25). The maximum absolute atomic E-state index is 12.8. The van der Waals surface area contributed by atoms with Crippen LogP contribution in [0.4, 0.5) is 11.5 Å². The summed E-state index contributed by atoms with van der Waals surface area (Å²) in [6.07, 6.45) is 3.17. The maximum Gasteiger partial charge on any atom is 0.330 e. The van der Waals surface area contributed by atoms with E-state index in [1.165, 1.54) is 32.6 Å². The van der Waals surface area contributed by atoms with Crippen LogP contribution in [0.2, 0.25) is 0 Å². The summed E-state index contributed by atoms with van der Waals surface area (Å²) < 4.78 is 2.00. The lowest BCUT2D eigenvalue weighted by Crippen LogP contribution is -2.42. The zero-order chi connectivity index (χ0) is 19.8. The number of nitrogens with one attached hydrogen (secondary N) is 1. The van der Waals surface area contributed by atoms with Crippen molar-refractivity contribution in [2.45, 2.75) is 50.4 Å². The van der Waals surface area contributed by atoms with Crippen molar-refractivity contribution in [2.75, 3.05) is 22.9 Å². The topological polar surface area (TPSA) is 127 Å². The fourth-order valence-electron chi connectivity index (χ4n) is 2.48. The minimum absolute atomic E-state index is 0.0302. The summed E-state index contributed by atoms with van der Waals surface area (Å²) >= 11 is 2.60. The van der Waals surface area contributed by atoms with Gasteiger partial charge in [0.15, 0.2) is 10.0 Å². The Kier molecular flexibility index (Phi) is 8.04. The number of nitrogens with two attached hydrogens (primary N) is 1. The van der Waals surface area contributed by atoms with Gasteiger partial charge in [-0.2, -0.15) is 0 Å². The molecule has 148 valence electrons. The van der Waals surface area contributed by atoms with Gasteiger partial charge in [-0.25, -0.2) is 4.79 Å². The molecular formula is C16H24N6O3S2. The number of thioether (sulfide) groups is 1. The molecular weight excluding hydrogens is 388 g/mol. The van der Waals surface area contributed by atoms with Gasteiger partial charge in [-0.1, -0.05) is 49.8 Å². The Labute approximate surface area is 165 Å². The summed E-state index contributed by atoms with van der Waals surface area (Å²) in [6.45, 7) is 4.73. The van der Waals surface area contributed by atoms with Crippen LogP contribution >= 0.6 is 23.1 Å². The molecule has 0 unspecified atom stereocenters. The van der Waals surface area contributed by atoms with E-state index in [4.69, 9.17) is 5.73 Å². The monoisotopic (exact) mass is 412 g/mol. The Morgan fingerprint density at radius 1 is 1.33 bits per heavy atom. The minimum atomic E-state index is -0.643. The van der Waals surface area contributed by atoms with Gasteiger partial charge in [0, 0.05) is 13.1 Å². The van der Waals surface area contributed by atoms with Crippen molar-refractivity contribution in [1.29, 1.82) is 0 Å². The van der Waals surface area contributed by atoms with Gasteiger partial charge in [0.25, 0.3) is 5.56 Å². The fourth-order valence-corrected chi connectivity index (χ4v) is 3.85. The van der Waals surface area contributed by atoms with Gasteiger partial charge in [-0.05, 0) is 12.8 Å². The number of carbonyl (C=O) groups is 1. The normalized spacial score (nSPS) is 10.9. The molecule has 27 heavy (non-hydrogen) atoms. The maximum atomic E-state index is 12.8. The van der Waals surface area contributed by atoms with Crippen LogP contribution in [0.3, 0.4) is 0 Å². The van der Waals surface area contributed by atoms with Crippen molar-refractivity contribution in [3.8, 4) is 0 Å². The second kappa shape index (κ2) is 10.3. The Bertz CT molecular complexity index is 862. The first-order valence-corrected chi connectivity index (χ1v) is 10.7. The summed E-state index contributed by atoms with van der Waals surface area (Å²) in [6, 6.07) is 0. The molecule has 0 saturated carbocycles. The number of amides is 1. The zero-order valence-corrected chi connectivity index (χ0v) is 17.1. The third kappa shape index (κ3) is 5.42. The number of unbranched alkanes of at least 4 members (excludes halogenated alkanes) is 2. The number of hydrogen-bond donors (Lipinski definition) is 2. The summed E-state index contributed by atoms with van der Waals surface area (Å²) in [4.78, 5) is 41.1. The lowest BCUT2D eigenvalue weighted by molar-refractivity contribution is -0.116. The first kappa shape index (κ1) is 21.2. The van der Waals surface area contributed by atoms with Crippen LogP contribution in [0.25, 0.3) is 0 Å². The lowest BCUT2D eigenvalue weighted by Gasteiger charge is -2.24. The number of carbonyl (C=O) groups excluding carboxylic acids is 1. The van der Waals surface area contributed by atoms with E-state index in [-0.39, 0.29) is 23.2 Å². The summed E-state index contributed by atoms with van der Waals surface area (Å²) in [5, 5.41) is 7.64. The lowest BCUT2D eigenvalue weighted by atomic mass is 10.2. The number of nitrogen functional groups attached to an aromatic ring is 1. The molecule has 2 aromatic rings. The van der Waals surface area contributed by atoms with E-state index in [0.29, 0.717) is 23.8 Å². The van der Waals surface area contributed by atoms with Crippen molar-refractivity contribution >= 4 is 40.5 Å². The highest BCUT2D eigenvalue weighted by Gasteiger charge is 2.24. The fraction of sp³-hybridized carbons (Fsp3) is 0.562. The molecule has 0 aliphatic heterocycles. The number of H-pyrrole nitrogens is 1. The van der Waals surface area contributed by atoms with E-state index in [2.05, 4.69) is 15.2 Å². The smallest absolute Gasteiger partial charge is 0.330 e. The van der Waals surface area contributed by atoms with Crippen molar-refractivity contribution in [1.82, 2.24) is 19.7 Å². The molecule has 1 amide bonds. The number of rotatable bonds is 10. The van der Waals surface area contributed by atoms with Crippen LogP contribution in [-0.4, -0.2) is 38.0 Å². The zero-order valence-electron chi connectivity index (χ0n) is 15.4. The first-order valence-electron chi connectivity index (χ1n) is 8.81. The average molecular weight is 413 g/mol. The molecule has 0 spiro atoms. The van der Waals surface area contributed by atoms with Gasteiger partial charge in [-0.3, -0.25) is 19.1 Å². The molecule has 0 radical (unpaired) electrons. The second-order valence-electron chi connectivity index (χ2n) is 5.89. The van der Waals surface area contributed by atoms with Gasteiger partial charge in [0.1, 0.15) is 11.3 Å². The Morgan fingerprint density at radius 2 is 2.07 bits per heavy atom. The van der Waals surface area contributed by atoms with Crippen molar-refractivity contribution in [3.63, 3.8) is 0 Å². The van der Waals surface area contributed by atoms with Crippen LogP contribution in [0.5, 0.6) is 0 Å². The van der Waals surface area contributed by atoms with E-state index >= 15 is 0 Å². The third-order valence-corrected chi connectivity index (χ3v) is 5.76. The van der Waals surface area contributed by atoms with Gasteiger partial charge in [0.05, 0.1) is 5.75 Å². The van der Waals surface area contributed by atoms with Crippen molar-refractivity contribution in [3.05, 3.63) is 26.3 Å². The quantitative estimate of drug-likeness (QED) is 0.569. The van der Waals surface area contributed by atoms with Gasteiger partial charge < -0.3 is 10.6 Å². The van der Waals surface area contributed by atoms with Crippen LogP contribution in [-0.2, 0) is 11.3 Å². The highest BCUT2D eigenvalue weighted by atomic mass is 32.2. The number of nitrogens with zero attached hydrogens (tertiary/aromatic N) is 4. The van der Waals surface area contributed by atoms with E-state index in [0.717, 1.165) is 19.3 Å². The predicted octanol–water partition coefficient (Wildman–Crippen LogP) is 1.70. The van der Waals surface area contributed by atoms with E-state index in [1.807, 2.05) is 13.8 Å². The molecule has 0 fully saturated rings. The molecule has 3 N–H and O–H groups in total. The number of anilines is 2. The number of aromatic nitrogens is 4. The molecule has 11 heteroatoms. The van der Waals surface area contributed by atoms with Gasteiger partial charge >= 0.3 is 5.69 Å². The number of hydrogen-bond acceptors (Lipinski definition) is 8. The van der Waals surface area contributed by atoms with Crippen molar-refractivity contribution < 1.29 is 4.79 Å². The largest absolute Gasteiger partial charge is 0.383 e. The summed E-state index contributed by atoms with van der Waals surface area (Å²) in [5.41, 5.74) is 6.59. The molecule has 0 atom stereocenters. The van der Waals surface area contributed by atoms with E-state index in [9.17, 15) is 14.4 Å². The molecule has 0 bridgehead atoms. The first-order chi connectivity index (χ1) is 13.0. The predicted molar refractivity (Wildman–Crippen MR) is 109 cm³/mol. The average Bonchev–Trinajstić information content (AvgIpc) is 3.15. The molecule has 2 aromatic heterocycles. The Balaban J connectivity index is 2.35. The van der Waals surface area contributed by atoms with Crippen LogP contribution in [0, 0.1) is 0 Å². The highest BCUT2D eigenvalue weighted by Crippen LogP contribution is 2.23. The van der Waals surface area contributed by atoms with Crippen LogP contribution in [0.1, 0.15) is 39.5 Å². The summed E-state index contributed by atoms with van der Waals surface area (Å²) in [7, 11) is 0. The minimum Gasteiger partial charge on any atom is -0.383 e. The summed E-state index contributed by atoms with van der Waals surface area (Å²) in [5.74, 6) is -0.129. The molecule has 2 rings (SSSR count). The van der Waals surface area contributed by atoms with E-state index < -0.39 is 11.2 Å². The molecule has 2 heterocycles. The van der Waals surface area contributed by atoms with Crippen molar-refractivity contribution in [2.24, 2.45) is 0 Å². The Morgan fingerprint density at radius 3 is 2.70 bits per heavy atom. The number of aromatic amines is 1. The molecule has 0 saturated heterocycles. The van der Waals surface area contributed by atoms with Gasteiger partial charge in [-0.15, -0.1) is 10.2 Å². The highest BCUT2D eigenvalue weighted by molar-refractivity contribution is 8.01. The van der Waals surface area contributed by atoms with E-state index in [1.54, 1.807) is 5.51 Å². The molecule has 9 nitrogen and oxygen atoms in total. The molecule has 0 aliphatic rings. The SMILES string of the molecule is CCCCN(C(=O)CSc1nncs1)c1c(N)n(CCCC)c(=O)[nH]c1=O. The second-order valence-corrected chi connectivity index (χ2v) is 7.95. The van der Waals surface area contributed by atoms with Crippen LogP contribution in [0.15, 0.2) is 19.4 Å². The third-order valence-electron chi connectivity index (χ3n) is 3.91. The molecule has 0 aromatic carbocycles. The molecule has 0 aliphatic carbocycles. The Hall–Kier alpha value is -2.14. The van der Waals surface area contributed by atoms with Gasteiger partial charge in [0.2, 0.25) is 5.91 Å². The van der Waals surface area contributed by atoms with Crippen LogP contribution < -0.4 is 21.9 Å².